The van der Waals surface area contributed by atoms with Gasteiger partial charge in [-0.1, -0.05) is 24.3 Å². The van der Waals surface area contributed by atoms with Crippen molar-refractivity contribution >= 4 is 5.70 Å². The lowest BCUT2D eigenvalue weighted by Gasteiger charge is -2.53. The van der Waals surface area contributed by atoms with Crippen LogP contribution in [0.3, 0.4) is 0 Å². The molecule has 32 heavy (non-hydrogen) atoms. The minimum atomic E-state index is -2.91. The minimum Gasteiger partial charge on any atom is -0.493 e. The monoisotopic (exact) mass is 444 g/mol. The summed E-state index contributed by atoms with van der Waals surface area (Å²) in [5, 5.41) is 2.08. The summed E-state index contributed by atoms with van der Waals surface area (Å²) in [7, 11) is 1.62. The van der Waals surface area contributed by atoms with Crippen molar-refractivity contribution in [1.29, 1.82) is 0 Å². The lowest BCUT2D eigenvalue weighted by Crippen LogP contribution is -2.64. The lowest BCUT2D eigenvalue weighted by molar-refractivity contribution is -0.219. The van der Waals surface area contributed by atoms with Crippen LogP contribution in [-0.2, 0) is 4.74 Å². The van der Waals surface area contributed by atoms with Gasteiger partial charge in [0.2, 0.25) is 0 Å². The molecule has 3 aliphatic heterocycles. The quantitative estimate of drug-likeness (QED) is 0.726. The molecule has 1 fully saturated rings. The Bertz CT molecular complexity index is 1060. The Kier molecular flexibility index (Phi) is 5.02. The van der Waals surface area contributed by atoms with Gasteiger partial charge in [-0.2, -0.15) is 13.8 Å². The number of methoxy groups -OCH3 is 1. The van der Waals surface area contributed by atoms with E-state index in [-0.39, 0.29) is 11.8 Å². The van der Waals surface area contributed by atoms with Crippen molar-refractivity contribution < 1.29 is 27.7 Å². The summed E-state index contributed by atoms with van der Waals surface area (Å²) in [4.78, 5) is 0. The second-order valence-corrected chi connectivity index (χ2v) is 8.84. The van der Waals surface area contributed by atoms with Crippen molar-refractivity contribution in [3.63, 3.8) is 0 Å². The predicted molar refractivity (Wildman–Crippen MR) is 114 cm³/mol. The van der Waals surface area contributed by atoms with Crippen molar-refractivity contribution in [2.24, 2.45) is 0 Å². The van der Waals surface area contributed by atoms with Crippen molar-refractivity contribution in [1.82, 2.24) is 10.4 Å². The highest BCUT2D eigenvalue weighted by molar-refractivity contribution is 5.72. The summed E-state index contributed by atoms with van der Waals surface area (Å²) >= 11 is 0. The zero-order valence-electron chi connectivity index (χ0n) is 18.2. The number of benzene rings is 2. The molecule has 1 N–H and O–H groups in total. The molecule has 1 saturated heterocycles. The maximum atomic E-state index is 13.0. The van der Waals surface area contributed by atoms with Crippen molar-refractivity contribution in [3.05, 3.63) is 59.7 Å². The Morgan fingerprint density at radius 2 is 1.91 bits per heavy atom. The second kappa shape index (κ2) is 7.64. The Balaban J connectivity index is 1.62. The number of rotatable bonds is 4. The predicted octanol–water partition coefficient (Wildman–Crippen LogP) is 4.88. The van der Waals surface area contributed by atoms with E-state index in [0.29, 0.717) is 42.2 Å². The maximum Gasteiger partial charge on any atom is 0.387 e. The van der Waals surface area contributed by atoms with E-state index in [1.165, 1.54) is 0 Å². The number of para-hydroxylation sites is 2. The zero-order valence-corrected chi connectivity index (χ0v) is 18.2. The standard InChI is InChI=1S/C24H26F2N2O4/c1-23(2)14-24(11-12-30-23)28-18(16-8-6-10-20(29-3)21(16)32-24)13-17(27-28)15-7-4-5-9-19(15)31-22(25)26/h4-10,13,18,22,27H,11-12,14H2,1-3H3/t18-,24+/m1/s1. The number of nitrogens with zero attached hydrogens (tertiary/aromatic N) is 1. The number of fused-ring (bicyclic) bond motifs is 4. The summed E-state index contributed by atoms with van der Waals surface area (Å²) in [6.07, 6.45) is 3.27. The topological polar surface area (TPSA) is 52.2 Å². The molecule has 1 spiro atoms. The van der Waals surface area contributed by atoms with Crippen LogP contribution in [0.25, 0.3) is 5.70 Å². The zero-order chi connectivity index (χ0) is 22.5. The van der Waals surface area contributed by atoms with E-state index in [2.05, 4.69) is 10.4 Å². The molecule has 8 heteroatoms. The van der Waals surface area contributed by atoms with Gasteiger partial charge < -0.3 is 24.4 Å². The number of hydrogen-bond acceptors (Lipinski definition) is 6. The van der Waals surface area contributed by atoms with Gasteiger partial charge in [0.15, 0.2) is 17.2 Å². The first-order valence-corrected chi connectivity index (χ1v) is 10.6. The van der Waals surface area contributed by atoms with E-state index in [9.17, 15) is 8.78 Å². The molecule has 0 aromatic heterocycles. The number of hydrazine groups is 1. The summed E-state index contributed by atoms with van der Waals surface area (Å²) in [5.41, 5.74) is 4.54. The highest BCUT2D eigenvalue weighted by Gasteiger charge is 2.55. The van der Waals surface area contributed by atoms with Gasteiger partial charge in [0.25, 0.3) is 0 Å². The highest BCUT2D eigenvalue weighted by Crippen LogP contribution is 2.53. The molecule has 0 saturated carbocycles. The SMILES string of the molecule is COc1cccc2c1O[C@]1(CCOC(C)(C)C1)N1NC(c3ccccc3OC(F)F)=C[C@H]21. The number of nitrogens with one attached hydrogen (secondary N) is 1. The fraction of sp³-hybridized carbons (Fsp3) is 0.417. The van der Waals surface area contributed by atoms with Crippen LogP contribution in [0.2, 0.25) is 0 Å². The molecule has 0 bridgehead atoms. The third kappa shape index (κ3) is 3.47. The molecule has 0 unspecified atom stereocenters. The molecular formula is C24H26F2N2O4. The van der Waals surface area contributed by atoms with Gasteiger partial charge in [-0.15, -0.1) is 0 Å². The summed E-state index contributed by atoms with van der Waals surface area (Å²) in [6.45, 7) is 1.71. The second-order valence-electron chi connectivity index (χ2n) is 8.84. The molecule has 2 atom stereocenters. The number of halogens is 2. The summed E-state index contributed by atoms with van der Waals surface area (Å²) in [6, 6.07) is 12.4. The van der Waals surface area contributed by atoms with Crippen molar-refractivity contribution in [3.8, 4) is 17.2 Å². The van der Waals surface area contributed by atoms with Crippen LogP contribution in [0.15, 0.2) is 48.5 Å². The molecule has 6 nitrogen and oxygen atoms in total. The number of ether oxygens (including phenoxy) is 4. The number of alkyl halides is 2. The van der Waals surface area contributed by atoms with E-state index in [1.807, 2.05) is 38.1 Å². The van der Waals surface area contributed by atoms with E-state index in [0.717, 1.165) is 5.56 Å². The average molecular weight is 444 g/mol. The Morgan fingerprint density at radius 3 is 2.66 bits per heavy atom. The van der Waals surface area contributed by atoms with Gasteiger partial charge in [-0.3, -0.25) is 0 Å². The first-order valence-electron chi connectivity index (χ1n) is 10.6. The van der Waals surface area contributed by atoms with Gasteiger partial charge in [0.05, 0.1) is 31.1 Å². The van der Waals surface area contributed by atoms with E-state index < -0.39 is 17.9 Å². The molecule has 3 aliphatic rings. The van der Waals surface area contributed by atoms with E-state index >= 15 is 0 Å². The first-order chi connectivity index (χ1) is 15.3. The third-order valence-corrected chi connectivity index (χ3v) is 6.20. The largest absolute Gasteiger partial charge is 0.493 e. The molecular weight excluding hydrogens is 418 g/mol. The van der Waals surface area contributed by atoms with Crippen LogP contribution in [-0.4, -0.2) is 36.7 Å². The van der Waals surface area contributed by atoms with Crippen LogP contribution in [0.4, 0.5) is 8.78 Å². The Morgan fingerprint density at radius 1 is 1.12 bits per heavy atom. The average Bonchev–Trinajstić information content (AvgIpc) is 3.19. The lowest BCUT2D eigenvalue weighted by atomic mass is 9.87. The summed E-state index contributed by atoms with van der Waals surface area (Å²) in [5.74, 6) is 1.48. The van der Waals surface area contributed by atoms with Crippen LogP contribution >= 0.6 is 0 Å². The summed E-state index contributed by atoms with van der Waals surface area (Å²) < 4.78 is 49.1. The smallest absolute Gasteiger partial charge is 0.387 e. The van der Waals surface area contributed by atoms with Crippen LogP contribution in [0.5, 0.6) is 17.2 Å². The Labute approximate surface area is 185 Å². The molecule has 0 aliphatic carbocycles. The normalized spacial score (nSPS) is 26.1. The third-order valence-electron chi connectivity index (χ3n) is 6.20. The Hall–Kier alpha value is -2.84. The van der Waals surface area contributed by atoms with Gasteiger partial charge in [0, 0.05) is 24.0 Å². The molecule has 3 heterocycles. The fourth-order valence-corrected chi connectivity index (χ4v) is 4.95. The van der Waals surface area contributed by atoms with E-state index in [1.54, 1.807) is 31.4 Å². The van der Waals surface area contributed by atoms with Gasteiger partial charge in [-0.05, 0) is 38.1 Å². The van der Waals surface area contributed by atoms with Gasteiger partial charge >= 0.3 is 6.61 Å². The molecule has 170 valence electrons. The first kappa shape index (κ1) is 21.0. The molecule has 2 aromatic carbocycles. The molecule has 5 rings (SSSR count). The van der Waals surface area contributed by atoms with E-state index in [4.69, 9.17) is 18.9 Å². The molecule has 2 aromatic rings. The molecule has 0 radical (unpaired) electrons. The highest BCUT2D eigenvalue weighted by atomic mass is 19.3. The van der Waals surface area contributed by atoms with Crippen LogP contribution in [0, 0.1) is 0 Å². The fourth-order valence-electron chi connectivity index (χ4n) is 4.95. The number of hydrogen-bond donors (Lipinski definition) is 1. The van der Waals surface area contributed by atoms with Gasteiger partial charge in [-0.25, -0.2) is 0 Å². The maximum absolute atomic E-state index is 13.0. The van der Waals surface area contributed by atoms with Crippen LogP contribution < -0.4 is 19.6 Å². The van der Waals surface area contributed by atoms with Crippen molar-refractivity contribution in [2.75, 3.05) is 13.7 Å². The van der Waals surface area contributed by atoms with Gasteiger partial charge in [0.1, 0.15) is 5.75 Å². The van der Waals surface area contributed by atoms with Crippen molar-refractivity contribution in [2.45, 2.75) is 50.7 Å². The van der Waals surface area contributed by atoms with Crippen LogP contribution in [0.1, 0.15) is 43.9 Å². The minimum absolute atomic E-state index is 0.120. The molecule has 0 amide bonds.